The molecule has 0 saturated heterocycles. The third kappa shape index (κ3) is 24.2. The molecule has 0 saturated carbocycles. The molecule has 0 amide bonds. The number of likely N-dealkylation sites (N-methyl/N-ethyl adjacent to an activating group) is 1. The van der Waals surface area contributed by atoms with E-state index in [1.54, 1.807) is 0 Å². The summed E-state index contributed by atoms with van der Waals surface area (Å²) in [5.74, 6) is 0. The largest absolute Gasteiger partial charge is 0.397 e. The second kappa shape index (κ2) is 18.1. The molecule has 23 heavy (non-hydrogen) atoms. The van der Waals surface area contributed by atoms with Crippen molar-refractivity contribution in [2.24, 2.45) is 0 Å². The minimum atomic E-state index is -4.23. The van der Waals surface area contributed by atoms with Crippen molar-refractivity contribution in [1.82, 2.24) is 4.90 Å². The van der Waals surface area contributed by atoms with E-state index in [0.717, 1.165) is 32.5 Å². The second-order valence-corrected chi connectivity index (χ2v) is 6.57. The van der Waals surface area contributed by atoms with Gasteiger partial charge in [-0.05, 0) is 19.5 Å². The number of unbranched alkanes of at least 4 members (excludes halogenated alkanes) is 7. The van der Waals surface area contributed by atoms with Crippen LogP contribution in [0.1, 0.15) is 72.1 Å². The lowest BCUT2D eigenvalue weighted by Crippen LogP contribution is -2.25. The van der Waals surface area contributed by atoms with E-state index in [4.69, 9.17) is 9.66 Å². The summed E-state index contributed by atoms with van der Waals surface area (Å²) >= 11 is 0. The third-order valence-corrected chi connectivity index (χ3v) is 4.01. The fraction of sp³-hybridized carbons (Fsp3) is 1.00. The SMILES string of the molecule is CCCCCCCCCCOS(=O)(=O)O.CCN(CC)CCO. The fourth-order valence-electron chi connectivity index (χ4n) is 2.08. The van der Waals surface area contributed by atoms with Crippen LogP contribution in [0.4, 0.5) is 0 Å². The summed E-state index contributed by atoms with van der Waals surface area (Å²) in [4.78, 5) is 2.18. The summed E-state index contributed by atoms with van der Waals surface area (Å²) in [6.45, 7) is 9.64. The second-order valence-electron chi connectivity index (χ2n) is 5.48. The highest BCUT2D eigenvalue weighted by molar-refractivity contribution is 7.80. The van der Waals surface area contributed by atoms with Crippen LogP contribution in [0.25, 0.3) is 0 Å². The standard InChI is InChI=1S/C10H22O4S.C6H15NO/c1-2-3-4-5-6-7-8-9-10-14-15(11,12)13;1-3-7(4-2)5-6-8/h2-10H2,1H3,(H,11,12,13);8H,3-6H2,1-2H3. The van der Waals surface area contributed by atoms with Crippen molar-refractivity contribution in [3.05, 3.63) is 0 Å². The molecule has 0 aromatic rings. The normalized spacial score (nSPS) is 11.4. The molecule has 0 unspecified atom stereocenters. The van der Waals surface area contributed by atoms with Gasteiger partial charge >= 0.3 is 10.4 Å². The summed E-state index contributed by atoms with van der Waals surface area (Å²) < 4.78 is 32.8. The Bertz CT molecular complexity index is 318. The van der Waals surface area contributed by atoms with Gasteiger partial charge in [0.25, 0.3) is 0 Å². The first-order valence-electron chi connectivity index (χ1n) is 8.86. The van der Waals surface area contributed by atoms with Gasteiger partial charge in [-0.1, -0.05) is 65.7 Å². The van der Waals surface area contributed by atoms with Crippen LogP contribution in [-0.2, 0) is 14.6 Å². The highest BCUT2D eigenvalue weighted by Crippen LogP contribution is 2.08. The maximum atomic E-state index is 10.2. The lowest BCUT2D eigenvalue weighted by molar-refractivity contribution is 0.208. The van der Waals surface area contributed by atoms with Crippen LogP contribution in [0, 0.1) is 0 Å². The molecule has 7 heteroatoms. The molecule has 0 fully saturated rings. The van der Waals surface area contributed by atoms with Gasteiger partial charge in [-0.2, -0.15) is 8.42 Å². The molecular formula is C16H37NO5S. The Morgan fingerprint density at radius 3 is 1.70 bits per heavy atom. The molecule has 6 nitrogen and oxygen atoms in total. The zero-order valence-electron chi connectivity index (χ0n) is 15.2. The predicted molar refractivity (Wildman–Crippen MR) is 95.0 cm³/mol. The Morgan fingerprint density at radius 1 is 0.870 bits per heavy atom. The third-order valence-electron chi connectivity index (χ3n) is 3.54. The zero-order chi connectivity index (χ0) is 18.0. The molecule has 0 bridgehead atoms. The number of hydrogen-bond acceptors (Lipinski definition) is 5. The Balaban J connectivity index is 0. The Morgan fingerprint density at radius 2 is 1.35 bits per heavy atom. The number of hydrogen-bond donors (Lipinski definition) is 2. The van der Waals surface area contributed by atoms with Gasteiger partial charge in [0.05, 0.1) is 13.2 Å². The number of nitrogens with zero attached hydrogens (tertiary/aromatic N) is 1. The van der Waals surface area contributed by atoms with Gasteiger partial charge in [0.1, 0.15) is 0 Å². The van der Waals surface area contributed by atoms with Crippen molar-refractivity contribution in [2.75, 3.05) is 32.8 Å². The fourth-order valence-corrected chi connectivity index (χ4v) is 2.41. The van der Waals surface area contributed by atoms with E-state index in [1.807, 2.05) is 0 Å². The van der Waals surface area contributed by atoms with Crippen LogP contribution in [0.15, 0.2) is 0 Å². The van der Waals surface area contributed by atoms with Gasteiger partial charge in [0.2, 0.25) is 0 Å². The molecule has 2 N–H and O–H groups in total. The van der Waals surface area contributed by atoms with Crippen LogP contribution < -0.4 is 0 Å². The first kappa shape index (κ1) is 25.0. The molecular weight excluding hydrogens is 318 g/mol. The summed E-state index contributed by atoms with van der Waals surface area (Å²) in [5, 5.41) is 8.46. The molecule has 0 aliphatic heterocycles. The van der Waals surface area contributed by atoms with Crippen LogP contribution >= 0.6 is 0 Å². The Hall–Kier alpha value is -0.210. The average molecular weight is 356 g/mol. The molecule has 0 rings (SSSR count). The van der Waals surface area contributed by atoms with Crippen LogP contribution in [0.5, 0.6) is 0 Å². The van der Waals surface area contributed by atoms with Gasteiger partial charge < -0.3 is 10.0 Å². The van der Waals surface area contributed by atoms with Gasteiger partial charge in [0.15, 0.2) is 0 Å². The van der Waals surface area contributed by atoms with Gasteiger partial charge in [-0.25, -0.2) is 4.18 Å². The number of aliphatic hydroxyl groups excluding tert-OH is 1. The van der Waals surface area contributed by atoms with E-state index in [1.165, 1.54) is 32.1 Å². The van der Waals surface area contributed by atoms with Gasteiger partial charge in [0, 0.05) is 6.54 Å². The molecule has 0 heterocycles. The highest BCUT2D eigenvalue weighted by Gasteiger charge is 2.02. The summed E-state index contributed by atoms with van der Waals surface area (Å²) in [7, 11) is -4.23. The maximum absolute atomic E-state index is 10.2. The molecule has 0 aliphatic rings. The molecule has 0 spiro atoms. The van der Waals surface area contributed by atoms with Gasteiger partial charge in [-0.3, -0.25) is 4.55 Å². The summed E-state index contributed by atoms with van der Waals surface area (Å²) in [6.07, 6.45) is 9.05. The molecule has 0 atom stereocenters. The zero-order valence-corrected chi connectivity index (χ0v) is 16.0. The summed E-state index contributed by atoms with van der Waals surface area (Å²) in [5.41, 5.74) is 0. The Kier molecular flexibility index (Phi) is 19.7. The molecule has 0 aliphatic carbocycles. The smallest absolute Gasteiger partial charge is 0.395 e. The topological polar surface area (TPSA) is 87.1 Å². The lowest BCUT2D eigenvalue weighted by atomic mass is 10.1. The van der Waals surface area contributed by atoms with E-state index in [0.29, 0.717) is 6.42 Å². The van der Waals surface area contributed by atoms with Crippen molar-refractivity contribution < 1.29 is 22.3 Å². The van der Waals surface area contributed by atoms with Gasteiger partial charge in [-0.15, -0.1) is 0 Å². The molecule has 0 aromatic heterocycles. The van der Waals surface area contributed by atoms with E-state index >= 15 is 0 Å². The monoisotopic (exact) mass is 355 g/mol. The minimum Gasteiger partial charge on any atom is -0.395 e. The Labute approximate surface area is 143 Å². The van der Waals surface area contributed by atoms with E-state index in [2.05, 4.69) is 29.9 Å². The maximum Gasteiger partial charge on any atom is 0.397 e. The van der Waals surface area contributed by atoms with Crippen molar-refractivity contribution in [1.29, 1.82) is 0 Å². The van der Waals surface area contributed by atoms with E-state index in [-0.39, 0.29) is 13.2 Å². The quantitative estimate of drug-likeness (QED) is 0.367. The number of rotatable bonds is 14. The minimum absolute atomic E-state index is 0.0911. The van der Waals surface area contributed by atoms with Crippen molar-refractivity contribution >= 4 is 10.4 Å². The van der Waals surface area contributed by atoms with Crippen LogP contribution in [-0.4, -0.2) is 55.8 Å². The van der Waals surface area contributed by atoms with Crippen molar-refractivity contribution in [3.63, 3.8) is 0 Å². The average Bonchev–Trinajstić information content (AvgIpc) is 2.50. The van der Waals surface area contributed by atoms with Crippen molar-refractivity contribution in [3.8, 4) is 0 Å². The van der Waals surface area contributed by atoms with E-state index < -0.39 is 10.4 Å². The predicted octanol–water partition coefficient (Wildman–Crippen LogP) is 3.27. The van der Waals surface area contributed by atoms with Crippen LogP contribution in [0.2, 0.25) is 0 Å². The van der Waals surface area contributed by atoms with Crippen molar-refractivity contribution in [2.45, 2.75) is 72.1 Å². The molecule has 142 valence electrons. The first-order valence-corrected chi connectivity index (χ1v) is 10.2. The molecule has 0 radical (unpaired) electrons. The highest BCUT2D eigenvalue weighted by atomic mass is 32.3. The van der Waals surface area contributed by atoms with E-state index in [9.17, 15) is 8.42 Å². The first-order chi connectivity index (χ1) is 10.9. The van der Waals surface area contributed by atoms with Crippen LogP contribution in [0.3, 0.4) is 0 Å². The summed E-state index contributed by atoms with van der Waals surface area (Å²) in [6, 6.07) is 0. The molecule has 0 aromatic carbocycles. The lowest BCUT2D eigenvalue weighted by Gasteiger charge is -2.15. The number of aliphatic hydroxyl groups is 1.